The molecule has 0 heterocycles. The van der Waals surface area contributed by atoms with Crippen molar-refractivity contribution in [3.8, 4) is 0 Å². The minimum absolute atomic E-state index is 0.121. The van der Waals surface area contributed by atoms with Gasteiger partial charge in [0.05, 0.1) is 0 Å². The Bertz CT molecular complexity index is 292. The van der Waals surface area contributed by atoms with E-state index in [9.17, 15) is 9.59 Å². The molecule has 0 rings (SSSR count). The second-order valence-electron chi connectivity index (χ2n) is 3.52. The molecule has 0 aliphatic heterocycles. The first-order valence-corrected chi connectivity index (χ1v) is 9.76. The predicted molar refractivity (Wildman–Crippen MR) is 94.2 cm³/mol. The van der Waals surface area contributed by atoms with Crippen LogP contribution in [0.1, 0.15) is 26.2 Å². The Morgan fingerprint density at radius 1 is 0.895 bits per heavy atom. The standard InChI is InChI=1S/C9H10Br6O4/c1-2-5(3-6(16)18-8(10,11)12)4-7(17)19-9(13,14)15/h5H,2-4H2,1H3. The van der Waals surface area contributed by atoms with E-state index < -0.39 is 16.6 Å². The molecule has 0 aromatic heterocycles. The SMILES string of the molecule is CCC(CC(=O)OC(Br)(Br)Br)CC(=O)OC(Br)(Br)Br. The van der Waals surface area contributed by atoms with Crippen LogP contribution in [0.4, 0.5) is 0 Å². The van der Waals surface area contributed by atoms with Crippen molar-refractivity contribution in [1.29, 1.82) is 0 Å². The lowest BCUT2D eigenvalue weighted by atomic mass is 9.99. The van der Waals surface area contributed by atoms with Gasteiger partial charge in [-0.1, -0.05) is 13.3 Å². The van der Waals surface area contributed by atoms with Gasteiger partial charge in [0.25, 0.3) is 4.66 Å². The summed E-state index contributed by atoms with van der Waals surface area (Å²) in [5, 5.41) is 0. The Hall–Kier alpha value is 1.82. The van der Waals surface area contributed by atoms with E-state index in [2.05, 4.69) is 95.6 Å². The van der Waals surface area contributed by atoms with Gasteiger partial charge in [-0.05, 0) is 101 Å². The summed E-state index contributed by atoms with van der Waals surface area (Å²) in [4.78, 5) is 23.2. The van der Waals surface area contributed by atoms with Crippen molar-refractivity contribution in [2.45, 2.75) is 30.8 Å². The summed E-state index contributed by atoms with van der Waals surface area (Å²) in [6, 6.07) is 0. The zero-order valence-corrected chi connectivity index (χ0v) is 19.1. The molecule has 0 aromatic carbocycles. The summed E-state index contributed by atoms with van der Waals surface area (Å²) in [5.74, 6) is -1.02. The molecule has 0 amide bonds. The Kier molecular flexibility index (Phi) is 9.94. The van der Waals surface area contributed by atoms with Crippen LogP contribution in [0, 0.1) is 5.92 Å². The highest BCUT2D eigenvalue weighted by atomic mass is 80.0. The summed E-state index contributed by atoms with van der Waals surface area (Å²) >= 11 is 18.4. The lowest BCUT2D eigenvalue weighted by Gasteiger charge is -2.19. The molecule has 10 heteroatoms. The van der Waals surface area contributed by atoms with Gasteiger partial charge in [0.2, 0.25) is 0 Å². The second kappa shape index (κ2) is 9.07. The fourth-order valence-electron chi connectivity index (χ4n) is 1.17. The average Bonchev–Trinajstić information content (AvgIpc) is 2.10. The van der Waals surface area contributed by atoms with E-state index in [-0.39, 0.29) is 18.8 Å². The first-order valence-electron chi connectivity index (χ1n) is 5.00. The number of hydrogen-bond acceptors (Lipinski definition) is 4. The number of carbonyl (C=O) groups excluding carboxylic acids is 2. The number of carbonyl (C=O) groups is 2. The Morgan fingerprint density at radius 3 is 1.42 bits per heavy atom. The largest absolute Gasteiger partial charge is 0.427 e. The summed E-state index contributed by atoms with van der Waals surface area (Å²) in [6.07, 6.45) is 0.899. The van der Waals surface area contributed by atoms with Gasteiger partial charge in [-0.2, -0.15) is 0 Å². The first-order chi connectivity index (χ1) is 8.43. The average molecular weight is 662 g/mol. The van der Waals surface area contributed by atoms with E-state index in [1.807, 2.05) is 6.92 Å². The van der Waals surface area contributed by atoms with E-state index in [0.717, 1.165) is 0 Å². The molecule has 0 aliphatic rings. The molecule has 0 aliphatic carbocycles. The van der Waals surface area contributed by atoms with Crippen LogP contribution in [0.15, 0.2) is 0 Å². The quantitative estimate of drug-likeness (QED) is 0.290. The fourth-order valence-corrected chi connectivity index (χ4v) is 2.26. The topological polar surface area (TPSA) is 52.6 Å². The molecule has 0 aromatic rings. The van der Waals surface area contributed by atoms with E-state index in [4.69, 9.17) is 9.47 Å². The van der Waals surface area contributed by atoms with Crippen LogP contribution in [0.5, 0.6) is 0 Å². The van der Waals surface area contributed by atoms with E-state index >= 15 is 0 Å². The smallest absolute Gasteiger partial charge is 0.308 e. The molecule has 19 heavy (non-hydrogen) atoms. The Balaban J connectivity index is 4.29. The van der Waals surface area contributed by atoms with Crippen molar-refractivity contribution >= 4 is 108 Å². The number of alkyl halides is 6. The van der Waals surface area contributed by atoms with Crippen molar-refractivity contribution in [2.75, 3.05) is 0 Å². The number of hydrogen-bond donors (Lipinski definition) is 0. The van der Waals surface area contributed by atoms with Gasteiger partial charge in [0.15, 0.2) is 0 Å². The van der Waals surface area contributed by atoms with Crippen molar-refractivity contribution in [3.05, 3.63) is 0 Å². The summed E-state index contributed by atoms with van der Waals surface area (Å²) < 4.78 is 7.83. The molecule has 0 saturated heterocycles. The second-order valence-corrected chi connectivity index (χ2v) is 16.6. The zero-order valence-electron chi connectivity index (χ0n) is 9.60. The molecular weight excluding hydrogens is 652 g/mol. The van der Waals surface area contributed by atoms with Crippen molar-refractivity contribution in [1.82, 2.24) is 0 Å². The van der Waals surface area contributed by atoms with Crippen molar-refractivity contribution in [2.24, 2.45) is 5.92 Å². The van der Waals surface area contributed by atoms with Gasteiger partial charge in [-0.25, -0.2) is 0 Å². The molecule has 4 nitrogen and oxygen atoms in total. The van der Waals surface area contributed by atoms with Crippen LogP contribution in [0.2, 0.25) is 0 Å². The molecule has 0 atom stereocenters. The molecule has 0 radical (unpaired) electrons. The Labute approximate surface area is 161 Å². The highest BCUT2D eigenvalue weighted by Gasteiger charge is 2.28. The first kappa shape index (κ1) is 20.8. The fraction of sp³-hybridized carbons (Fsp3) is 0.778. The van der Waals surface area contributed by atoms with Crippen molar-refractivity contribution < 1.29 is 19.1 Å². The van der Waals surface area contributed by atoms with Gasteiger partial charge < -0.3 is 9.47 Å². The van der Waals surface area contributed by atoms with Crippen LogP contribution in [0.3, 0.4) is 0 Å². The number of ether oxygens (including phenoxy) is 2. The maximum absolute atomic E-state index is 11.6. The lowest BCUT2D eigenvalue weighted by Crippen LogP contribution is -2.21. The third-order valence-electron chi connectivity index (χ3n) is 1.95. The van der Waals surface area contributed by atoms with Crippen LogP contribution < -0.4 is 0 Å². The number of esters is 2. The van der Waals surface area contributed by atoms with Crippen molar-refractivity contribution in [3.63, 3.8) is 0 Å². The van der Waals surface area contributed by atoms with Gasteiger partial charge in [-0.3, -0.25) is 9.59 Å². The molecule has 0 spiro atoms. The molecular formula is C9H10Br6O4. The predicted octanol–water partition coefficient (Wildman–Crippen LogP) is 5.47. The summed E-state index contributed by atoms with van der Waals surface area (Å²) in [6.45, 7) is 1.89. The zero-order chi connectivity index (χ0) is 15.3. The minimum Gasteiger partial charge on any atom is -0.427 e. The normalized spacial score (nSPS) is 12.4. The van der Waals surface area contributed by atoms with Crippen LogP contribution >= 0.6 is 95.6 Å². The number of rotatable bonds is 5. The molecule has 0 bridgehead atoms. The third kappa shape index (κ3) is 13.2. The Morgan fingerprint density at radius 2 is 1.21 bits per heavy atom. The summed E-state index contributed by atoms with van der Waals surface area (Å²) in [5.41, 5.74) is 0. The third-order valence-corrected chi connectivity index (χ3v) is 2.92. The maximum Gasteiger partial charge on any atom is 0.308 e. The lowest BCUT2D eigenvalue weighted by molar-refractivity contribution is -0.146. The van der Waals surface area contributed by atoms with Gasteiger partial charge in [0.1, 0.15) is 0 Å². The molecule has 0 N–H and O–H groups in total. The van der Waals surface area contributed by atoms with Crippen LogP contribution in [-0.2, 0) is 19.1 Å². The van der Waals surface area contributed by atoms with E-state index in [0.29, 0.717) is 6.42 Å². The molecule has 112 valence electrons. The molecule has 0 fully saturated rings. The van der Waals surface area contributed by atoms with E-state index in [1.54, 1.807) is 0 Å². The van der Waals surface area contributed by atoms with E-state index in [1.165, 1.54) is 0 Å². The van der Waals surface area contributed by atoms with Gasteiger partial charge >= 0.3 is 11.9 Å². The van der Waals surface area contributed by atoms with Gasteiger partial charge in [0, 0.05) is 12.8 Å². The summed E-state index contributed by atoms with van der Waals surface area (Å²) in [7, 11) is 0. The number of halogens is 6. The molecule has 0 unspecified atom stereocenters. The highest BCUT2D eigenvalue weighted by Crippen LogP contribution is 2.36. The van der Waals surface area contributed by atoms with Crippen LogP contribution in [-0.4, -0.2) is 16.6 Å². The van der Waals surface area contributed by atoms with Gasteiger partial charge in [-0.15, -0.1) is 0 Å². The molecule has 0 saturated carbocycles. The van der Waals surface area contributed by atoms with Crippen LogP contribution in [0.25, 0.3) is 0 Å². The minimum atomic E-state index is -1.07. The monoisotopic (exact) mass is 656 g/mol. The highest BCUT2D eigenvalue weighted by molar-refractivity contribution is 9.39. The maximum atomic E-state index is 11.6.